The first-order chi connectivity index (χ1) is 4.58. The first-order valence-electron chi connectivity index (χ1n) is 2.38. The molecule has 0 aromatic rings. The van der Waals surface area contributed by atoms with E-state index in [1.807, 2.05) is 0 Å². The van der Waals surface area contributed by atoms with Gasteiger partial charge in [-0.15, -0.1) is 13.2 Å². The van der Waals surface area contributed by atoms with Crippen molar-refractivity contribution >= 4 is 0 Å². The van der Waals surface area contributed by atoms with E-state index in [1.54, 1.807) is 0 Å². The lowest BCUT2D eigenvalue weighted by Gasteiger charge is -2.07. The molecule has 0 unspecified atom stereocenters. The smallest absolute Gasteiger partial charge is 0.389 e. The van der Waals surface area contributed by atoms with E-state index in [0.717, 1.165) is 6.20 Å². The third kappa shape index (κ3) is 2.04. The highest BCUT2D eigenvalue weighted by Gasteiger charge is 2.32. The van der Waals surface area contributed by atoms with Gasteiger partial charge in [0.25, 0.3) is 0 Å². The highest BCUT2D eigenvalue weighted by Crippen LogP contribution is 2.19. The van der Waals surface area contributed by atoms with Crippen molar-refractivity contribution in [2.45, 2.75) is 6.36 Å². The Balaban J connectivity index is 2.38. The second-order valence-corrected chi connectivity index (χ2v) is 1.51. The van der Waals surface area contributed by atoms with Crippen molar-refractivity contribution in [1.82, 2.24) is 10.6 Å². The van der Waals surface area contributed by atoms with E-state index in [2.05, 4.69) is 15.4 Å². The van der Waals surface area contributed by atoms with Crippen LogP contribution in [0, 0.1) is 6.67 Å². The molecule has 1 rings (SSSR count). The Labute approximate surface area is 54.8 Å². The molecule has 0 atom stereocenters. The van der Waals surface area contributed by atoms with Crippen LogP contribution in [0.3, 0.4) is 0 Å². The summed E-state index contributed by atoms with van der Waals surface area (Å²) in [4.78, 5) is 0. The Bertz CT molecular complexity index is 153. The molecular formula is C4H4F3N2O. The Morgan fingerprint density at radius 3 is 2.50 bits per heavy atom. The number of hydrogen-bond donors (Lipinski definition) is 2. The molecule has 10 heavy (non-hydrogen) atoms. The summed E-state index contributed by atoms with van der Waals surface area (Å²) in [7, 11) is 0. The maximum Gasteiger partial charge on any atom is 0.574 e. The minimum Gasteiger partial charge on any atom is -0.389 e. The van der Waals surface area contributed by atoms with Gasteiger partial charge in [0.05, 0.1) is 6.20 Å². The summed E-state index contributed by atoms with van der Waals surface area (Å²) in [6, 6.07) is 0. The predicted octanol–water partition coefficient (Wildman–Crippen LogP) is 0.634. The number of hydrogen-bond acceptors (Lipinski definition) is 3. The van der Waals surface area contributed by atoms with Crippen LogP contribution in [-0.2, 0) is 4.74 Å². The monoisotopic (exact) mass is 153 g/mol. The molecule has 0 aliphatic carbocycles. The SMILES string of the molecule is FC(F)(F)OC1=CN[CH]N1. The van der Waals surface area contributed by atoms with E-state index in [4.69, 9.17) is 0 Å². The van der Waals surface area contributed by atoms with E-state index < -0.39 is 6.36 Å². The Morgan fingerprint density at radius 1 is 1.40 bits per heavy atom. The number of ether oxygens (including phenoxy) is 1. The molecule has 1 radical (unpaired) electrons. The lowest BCUT2D eigenvalue weighted by atomic mass is 10.8. The van der Waals surface area contributed by atoms with Crippen LogP contribution in [0.5, 0.6) is 0 Å². The van der Waals surface area contributed by atoms with Crippen molar-refractivity contribution in [2.24, 2.45) is 0 Å². The van der Waals surface area contributed by atoms with Crippen LogP contribution >= 0.6 is 0 Å². The highest BCUT2D eigenvalue weighted by atomic mass is 19.4. The average Bonchev–Trinajstić information content (AvgIpc) is 2.12. The van der Waals surface area contributed by atoms with E-state index in [9.17, 15) is 13.2 Å². The summed E-state index contributed by atoms with van der Waals surface area (Å²) in [5, 5.41) is 4.57. The van der Waals surface area contributed by atoms with Gasteiger partial charge in [-0.3, -0.25) is 0 Å². The minimum atomic E-state index is -4.63. The van der Waals surface area contributed by atoms with Gasteiger partial charge < -0.3 is 15.4 Å². The zero-order valence-corrected chi connectivity index (χ0v) is 4.70. The van der Waals surface area contributed by atoms with Gasteiger partial charge >= 0.3 is 6.36 Å². The van der Waals surface area contributed by atoms with E-state index in [0.29, 0.717) is 0 Å². The van der Waals surface area contributed by atoms with Gasteiger partial charge in [-0.2, -0.15) is 0 Å². The maximum absolute atomic E-state index is 11.4. The van der Waals surface area contributed by atoms with Crippen molar-refractivity contribution in [3.63, 3.8) is 0 Å². The van der Waals surface area contributed by atoms with Crippen LogP contribution in [-0.4, -0.2) is 6.36 Å². The molecule has 0 saturated heterocycles. The molecule has 2 N–H and O–H groups in total. The number of alkyl halides is 3. The molecule has 0 aromatic heterocycles. The first kappa shape index (κ1) is 7.04. The predicted molar refractivity (Wildman–Crippen MR) is 25.8 cm³/mol. The fourth-order valence-corrected chi connectivity index (χ4v) is 0.455. The highest BCUT2D eigenvalue weighted by molar-refractivity contribution is 4.99. The summed E-state index contributed by atoms with van der Waals surface area (Å²) in [6.45, 7) is 1.22. The summed E-state index contributed by atoms with van der Waals surface area (Å²) < 4.78 is 37.5. The first-order valence-corrected chi connectivity index (χ1v) is 2.38. The van der Waals surface area contributed by atoms with E-state index in [-0.39, 0.29) is 5.88 Å². The third-order valence-corrected chi connectivity index (χ3v) is 0.738. The maximum atomic E-state index is 11.4. The Morgan fingerprint density at radius 2 is 2.10 bits per heavy atom. The quantitative estimate of drug-likeness (QED) is 0.579. The van der Waals surface area contributed by atoms with Crippen molar-refractivity contribution < 1.29 is 17.9 Å². The zero-order chi connectivity index (χ0) is 7.61. The van der Waals surface area contributed by atoms with Gasteiger partial charge in [-0.05, 0) is 0 Å². The van der Waals surface area contributed by atoms with Gasteiger partial charge in [0, 0.05) is 0 Å². The van der Waals surface area contributed by atoms with Crippen LogP contribution in [0.25, 0.3) is 0 Å². The Hall–Kier alpha value is -1.07. The number of nitrogens with one attached hydrogen (secondary N) is 2. The standard InChI is InChI=1S/C4H4F3N2O/c5-4(6,7)10-3-1-8-2-9-3/h1-2,8-9H. The summed E-state index contributed by atoms with van der Waals surface area (Å²) in [6.07, 6.45) is -3.56. The van der Waals surface area contributed by atoms with Crippen LogP contribution in [0.2, 0.25) is 0 Å². The molecular weight excluding hydrogens is 149 g/mol. The molecule has 0 aromatic carbocycles. The van der Waals surface area contributed by atoms with Crippen LogP contribution in [0.15, 0.2) is 12.1 Å². The molecule has 1 aliphatic rings. The fraction of sp³-hybridized carbons (Fsp3) is 0.250. The molecule has 0 amide bonds. The van der Waals surface area contributed by atoms with E-state index in [1.165, 1.54) is 6.67 Å². The molecule has 0 spiro atoms. The number of halogens is 3. The molecule has 0 saturated carbocycles. The molecule has 1 heterocycles. The zero-order valence-electron chi connectivity index (χ0n) is 4.70. The number of rotatable bonds is 1. The Kier molecular flexibility index (Phi) is 1.60. The molecule has 0 bridgehead atoms. The van der Waals surface area contributed by atoms with Crippen LogP contribution in [0.4, 0.5) is 13.2 Å². The fourth-order valence-electron chi connectivity index (χ4n) is 0.455. The topological polar surface area (TPSA) is 33.3 Å². The average molecular weight is 153 g/mol. The van der Waals surface area contributed by atoms with Crippen LogP contribution in [0.1, 0.15) is 0 Å². The summed E-state index contributed by atoms with van der Waals surface area (Å²) in [5.74, 6) is -0.354. The minimum absolute atomic E-state index is 0.354. The largest absolute Gasteiger partial charge is 0.574 e. The van der Waals surface area contributed by atoms with E-state index >= 15 is 0 Å². The van der Waals surface area contributed by atoms with Crippen molar-refractivity contribution in [3.05, 3.63) is 18.8 Å². The molecule has 3 nitrogen and oxygen atoms in total. The lowest BCUT2D eigenvalue weighted by molar-refractivity contribution is -0.307. The van der Waals surface area contributed by atoms with Gasteiger partial charge in [0.1, 0.15) is 6.67 Å². The second kappa shape index (κ2) is 2.28. The van der Waals surface area contributed by atoms with Gasteiger partial charge in [-0.25, -0.2) is 0 Å². The van der Waals surface area contributed by atoms with Gasteiger partial charge in [0.2, 0.25) is 5.88 Å². The second-order valence-electron chi connectivity index (χ2n) is 1.51. The summed E-state index contributed by atoms with van der Waals surface area (Å²) in [5.41, 5.74) is 0. The van der Waals surface area contributed by atoms with Gasteiger partial charge in [0.15, 0.2) is 0 Å². The van der Waals surface area contributed by atoms with Crippen molar-refractivity contribution in [2.75, 3.05) is 0 Å². The normalized spacial score (nSPS) is 17.3. The van der Waals surface area contributed by atoms with Crippen LogP contribution < -0.4 is 10.6 Å². The lowest BCUT2D eigenvalue weighted by Crippen LogP contribution is -2.18. The van der Waals surface area contributed by atoms with Gasteiger partial charge in [-0.1, -0.05) is 0 Å². The molecule has 6 heteroatoms. The molecule has 57 valence electrons. The summed E-state index contributed by atoms with van der Waals surface area (Å²) >= 11 is 0. The van der Waals surface area contributed by atoms with Crippen molar-refractivity contribution in [1.29, 1.82) is 0 Å². The van der Waals surface area contributed by atoms with Crippen molar-refractivity contribution in [3.8, 4) is 0 Å². The molecule has 0 fully saturated rings. The molecule has 1 aliphatic heterocycles. The third-order valence-electron chi connectivity index (χ3n) is 0.738.